The zero-order valence-electron chi connectivity index (χ0n) is 22.1. The molecule has 2 aliphatic heterocycles. The first kappa shape index (κ1) is 27.2. The lowest BCUT2D eigenvalue weighted by Crippen LogP contribution is -2.48. The second kappa shape index (κ2) is 11.8. The van der Waals surface area contributed by atoms with Crippen molar-refractivity contribution < 1.29 is 17.9 Å². The molecular weight excluding hydrogens is 520 g/mol. The second-order valence-electron chi connectivity index (χ2n) is 10.0. The number of thiazole rings is 1. The molecule has 1 amide bonds. The fraction of sp³-hybridized carbons (Fsp3) is 0.500. The lowest BCUT2D eigenvalue weighted by molar-refractivity contribution is -0.121. The van der Waals surface area contributed by atoms with E-state index in [1.165, 1.54) is 21.2 Å². The van der Waals surface area contributed by atoms with E-state index in [1.54, 1.807) is 29.2 Å². The molecule has 3 aromatic rings. The van der Waals surface area contributed by atoms with E-state index in [4.69, 9.17) is 9.72 Å². The molecule has 2 saturated heterocycles. The zero-order valence-corrected chi connectivity index (χ0v) is 23.8. The summed E-state index contributed by atoms with van der Waals surface area (Å²) < 4.78 is 35.1. The average Bonchev–Trinajstić information content (AvgIpc) is 3.59. The molecule has 2 aromatic carbocycles. The Morgan fingerprint density at radius 1 is 1.13 bits per heavy atom. The smallest absolute Gasteiger partial charge is 0.247 e. The van der Waals surface area contributed by atoms with Crippen molar-refractivity contribution in [2.75, 3.05) is 50.8 Å². The first-order valence-corrected chi connectivity index (χ1v) is 15.7. The molecule has 0 aliphatic carbocycles. The summed E-state index contributed by atoms with van der Waals surface area (Å²) in [6.45, 7) is 8.97. The summed E-state index contributed by atoms with van der Waals surface area (Å²) in [4.78, 5) is 23.3. The maximum absolute atomic E-state index is 14.1. The number of carbonyl (C=O) groups is 1. The minimum atomic E-state index is -3.79. The molecule has 204 valence electrons. The maximum atomic E-state index is 14.1. The Kier molecular flexibility index (Phi) is 8.44. The monoisotopic (exact) mass is 556 g/mol. The number of amides is 1. The van der Waals surface area contributed by atoms with Crippen LogP contribution in [-0.2, 0) is 26.0 Å². The molecule has 0 radical (unpaired) electrons. The van der Waals surface area contributed by atoms with Gasteiger partial charge in [-0.1, -0.05) is 42.0 Å². The lowest BCUT2D eigenvalue weighted by atomic mass is 10.2. The molecule has 1 aromatic heterocycles. The highest BCUT2D eigenvalue weighted by atomic mass is 32.2. The number of hydrogen-bond acceptors (Lipinski definition) is 7. The molecule has 3 heterocycles. The highest BCUT2D eigenvalue weighted by molar-refractivity contribution is 7.89. The van der Waals surface area contributed by atoms with Gasteiger partial charge in [0.15, 0.2) is 5.13 Å². The van der Waals surface area contributed by atoms with Gasteiger partial charge in [0.1, 0.15) is 6.04 Å². The van der Waals surface area contributed by atoms with Crippen LogP contribution >= 0.6 is 11.3 Å². The molecule has 1 unspecified atom stereocenters. The maximum Gasteiger partial charge on any atom is 0.247 e. The number of aryl methyl sites for hydroxylation is 2. The first-order chi connectivity index (χ1) is 18.4. The average molecular weight is 557 g/mol. The molecule has 5 rings (SSSR count). The molecule has 0 N–H and O–H groups in total. The van der Waals surface area contributed by atoms with Crippen LogP contribution in [0.5, 0.6) is 0 Å². The third-order valence-corrected chi connectivity index (χ3v) is 10.4. The number of benzene rings is 2. The number of morpholine rings is 1. The van der Waals surface area contributed by atoms with Crippen LogP contribution in [0.4, 0.5) is 5.13 Å². The van der Waals surface area contributed by atoms with E-state index >= 15 is 0 Å². The number of hydrogen-bond donors (Lipinski definition) is 0. The van der Waals surface area contributed by atoms with Gasteiger partial charge in [0.2, 0.25) is 15.9 Å². The Bertz CT molecular complexity index is 1370. The highest BCUT2D eigenvalue weighted by Gasteiger charge is 2.42. The predicted octanol–water partition coefficient (Wildman–Crippen LogP) is 4.08. The summed E-state index contributed by atoms with van der Waals surface area (Å²) in [6, 6.07) is 12.3. The van der Waals surface area contributed by atoms with Crippen molar-refractivity contribution in [3.05, 3.63) is 53.6 Å². The highest BCUT2D eigenvalue weighted by Crippen LogP contribution is 2.33. The van der Waals surface area contributed by atoms with Gasteiger partial charge in [-0.3, -0.25) is 14.6 Å². The lowest BCUT2D eigenvalue weighted by Gasteiger charge is -2.30. The molecule has 0 spiro atoms. The van der Waals surface area contributed by atoms with E-state index < -0.39 is 16.1 Å². The van der Waals surface area contributed by atoms with Gasteiger partial charge in [0.05, 0.1) is 28.3 Å². The molecule has 0 saturated carbocycles. The predicted molar refractivity (Wildman–Crippen MR) is 151 cm³/mol. The van der Waals surface area contributed by atoms with Gasteiger partial charge in [-0.15, -0.1) is 0 Å². The number of rotatable bonds is 9. The van der Waals surface area contributed by atoms with Crippen molar-refractivity contribution >= 4 is 42.6 Å². The van der Waals surface area contributed by atoms with Crippen LogP contribution in [0.25, 0.3) is 10.2 Å². The summed E-state index contributed by atoms with van der Waals surface area (Å²) in [5.41, 5.74) is 3.08. The number of carbonyl (C=O) groups excluding carboxylic acids is 1. The molecule has 10 heteroatoms. The fourth-order valence-electron chi connectivity index (χ4n) is 5.17. The topological polar surface area (TPSA) is 83.1 Å². The Morgan fingerprint density at radius 3 is 2.63 bits per heavy atom. The number of nitrogens with zero attached hydrogens (tertiary/aromatic N) is 4. The van der Waals surface area contributed by atoms with Crippen molar-refractivity contribution in [2.45, 2.75) is 50.5 Å². The van der Waals surface area contributed by atoms with E-state index in [2.05, 4.69) is 24.0 Å². The quantitative estimate of drug-likeness (QED) is 0.395. The molecule has 38 heavy (non-hydrogen) atoms. The minimum Gasteiger partial charge on any atom is -0.379 e. The Labute approximate surface area is 229 Å². The number of aromatic nitrogens is 1. The van der Waals surface area contributed by atoms with Crippen molar-refractivity contribution in [3.8, 4) is 0 Å². The van der Waals surface area contributed by atoms with Crippen molar-refractivity contribution in [3.63, 3.8) is 0 Å². The van der Waals surface area contributed by atoms with Crippen LogP contribution in [0.2, 0.25) is 0 Å². The van der Waals surface area contributed by atoms with Crippen LogP contribution in [-0.4, -0.2) is 80.5 Å². The van der Waals surface area contributed by atoms with E-state index in [1.807, 2.05) is 13.0 Å². The van der Waals surface area contributed by atoms with Gasteiger partial charge in [-0.2, -0.15) is 4.31 Å². The molecule has 2 fully saturated rings. The number of fused-ring (bicyclic) bond motifs is 1. The van der Waals surface area contributed by atoms with Crippen molar-refractivity contribution in [1.82, 2.24) is 14.2 Å². The normalized spacial score (nSPS) is 19.3. The zero-order chi connectivity index (χ0) is 26.7. The largest absolute Gasteiger partial charge is 0.379 e. The van der Waals surface area contributed by atoms with Crippen LogP contribution in [0.15, 0.2) is 47.4 Å². The van der Waals surface area contributed by atoms with Crippen LogP contribution < -0.4 is 4.90 Å². The van der Waals surface area contributed by atoms with Crippen molar-refractivity contribution in [2.24, 2.45) is 0 Å². The van der Waals surface area contributed by atoms with Gasteiger partial charge < -0.3 is 4.74 Å². The minimum absolute atomic E-state index is 0.185. The Balaban J connectivity index is 1.42. The van der Waals surface area contributed by atoms with Crippen LogP contribution in [0.3, 0.4) is 0 Å². The van der Waals surface area contributed by atoms with Crippen LogP contribution in [0, 0.1) is 6.92 Å². The number of sulfonamides is 1. The SMILES string of the molecule is CCc1ccc2nc(N(CCCN3CCOCC3)C(=O)C3CCCN3S(=O)(=O)c3ccc(C)cc3)sc2c1. The van der Waals surface area contributed by atoms with E-state index in [0.717, 1.165) is 61.5 Å². The van der Waals surface area contributed by atoms with Crippen molar-refractivity contribution in [1.29, 1.82) is 0 Å². The van der Waals surface area contributed by atoms with Gasteiger partial charge in [-0.05, 0) is 62.4 Å². The Hall–Kier alpha value is -2.37. The second-order valence-corrected chi connectivity index (χ2v) is 12.9. The summed E-state index contributed by atoms with van der Waals surface area (Å²) in [6.07, 6.45) is 2.87. The van der Waals surface area contributed by atoms with E-state index in [9.17, 15) is 13.2 Å². The molecule has 8 nitrogen and oxygen atoms in total. The van der Waals surface area contributed by atoms with Gasteiger partial charge in [-0.25, -0.2) is 13.4 Å². The van der Waals surface area contributed by atoms with Gasteiger partial charge in [0.25, 0.3) is 0 Å². The van der Waals surface area contributed by atoms with E-state index in [-0.39, 0.29) is 10.8 Å². The fourth-order valence-corrected chi connectivity index (χ4v) is 7.88. The summed E-state index contributed by atoms with van der Waals surface area (Å²) in [5.74, 6) is -0.185. The molecule has 2 aliphatic rings. The number of anilines is 1. The summed E-state index contributed by atoms with van der Waals surface area (Å²) >= 11 is 1.51. The Morgan fingerprint density at radius 2 is 1.89 bits per heavy atom. The number of ether oxygens (including phenoxy) is 1. The third-order valence-electron chi connectivity index (χ3n) is 7.42. The standard InChI is InChI=1S/C28H36N4O4S2/c1-3-22-9-12-24-26(20-22)37-28(29-24)31(14-5-13-30-16-18-36-19-17-30)27(33)25-6-4-15-32(25)38(34,35)23-10-7-21(2)8-11-23/h7-12,20,25H,3-6,13-19H2,1-2H3. The van der Waals surface area contributed by atoms with Gasteiger partial charge in [0, 0.05) is 32.7 Å². The first-order valence-electron chi connectivity index (χ1n) is 13.5. The molecule has 1 atom stereocenters. The summed E-state index contributed by atoms with van der Waals surface area (Å²) in [7, 11) is -3.79. The van der Waals surface area contributed by atoms with E-state index in [0.29, 0.717) is 31.1 Å². The van der Waals surface area contributed by atoms with Crippen LogP contribution in [0.1, 0.15) is 37.3 Å². The molecule has 0 bridgehead atoms. The third kappa shape index (κ3) is 5.79. The summed E-state index contributed by atoms with van der Waals surface area (Å²) in [5, 5.41) is 0.639. The van der Waals surface area contributed by atoms with Gasteiger partial charge >= 0.3 is 0 Å². The molecular formula is C28H36N4O4S2.